The zero-order chi connectivity index (χ0) is 14.7. The molecule has 1 aliphatic rings. The number of hydrogen-bond donors (Lipinski definition) is 1. The molecule has 0 fully saturated rings. The molecule has 0 bridgehead atoms. The van der Waals surface area contributed by atoms with Gasteiger partial charge in [0.25, 0.3) is 0 Å². The molecule has 1 atom stereocenters. The number of para-hydroxylation sites is 1. The Morgan fingerprint density at radius 3 is 2.71 bits per heavy atom. The van der Waals surface area contributed by atoms with E-state index in [0.29, 0.717) is 6.54 Å². The Hall–Kier alpha value is -1.59. The van der Waals surface area contributed by atoms with Crippen LogP contribution in [0.4, 0.5) is 5.69 Å². The van der Waals surface area contributed by atoms with E-state index in [0.717, 1.165) is 12.1 Å². The first kappa shape index (κ1) is 17.5. The van der Waals surface area contributed by atoms with Crippen LogP contribution < -0.4 is 4.90 Å². The number of hydrogen-bond acceptors (Lipinski definition) is 3. The highest BCUT2D eigenvalue weighted by Crippen LogP contribution is 2.31. The molecule has 1 N–H and O–H groups in total. The van der Waals surface area contributed by atoms with Crippen LogP contribution in [0.2, 0.25) is 0 Å². The van der Waals surface area contributed by atoms with E-state index in [2.05, 4.69) is 0 Å². The molecule has 0 saturated carbocycles. The summed E-state index contributed by atoms with van der Waals surface area (Å²) in [4.78, 5) is 26.5. The summed E-state index contributed by atoms with van der Waals surface area (Å²) in [6, 6.07) is 8.10. The second-order valence-electron chi connectivity index (χ2n) is 5.33. The minimum absolute atomic E-state index is 0. The number of halogens is 1. The van der Waals surface area contributed by atoms with E-state index in [4.69, 9.17) is 5.11 Å². The maximum Gasteiger partial charge on any atom is 0.304 e. The third-order valence-electron chi connectivity index (χ3n) is 3.59. The fraction of sp³-hybridized carbons (Fsp3) is 0.467. The average Bonchev–Trinajstić information content (AvgIpc) is 2.72. The normalized spacial score (nSPS) is 16.5. The van der Waals surface area contributed by atoms with Crippen LogP contribution in [-0.2, 0) is 16.0 Å². The summed E-state index contributed by atoms with van der Waals surface area (Å²) in [5.41, 5.74) is 2.18. The fourth-order valence-electron chi connectivity index (χ4n) is 2.62. The number of carboxylic acid groups (broad SMARTS) is 1. The predicted molar refractivity (Wildman–Crippen MR) is 84.1 cm³/mol. The van der Waals surface area contributed by atoms with Crippen LogP contribution in [0, 0.1) is 0 Å². The maximum absolute atomic E-state index is 12.4. The van der Waals surface area contributed by atoms with Gasteiger partial charge in [0.2, 0.25) is 5.91 Å². The van der Waals surface area contributed by atoms with Crippen molar-refractivity contribution in [3.63, 3.8) is 0 Å². The Balaban J connectivity index is 0.00000220. The minimum Gasteiger partial charge on any atom is -0.481 e. The number of likely N-dealkylation sites (N-methyl/N-ethyl adjacent to an activating group) is 1. The molecule has 1 aliphatic heterocycles. The van der Waals surface area contributed by atoms with Crippen LogP contribution in [0.25, 0.3) is 0 Å². The highest BCUT2D eigenvalue weighted by molar-refractivity contribution is 5.97. The summed E-state index contributed by atoms with van der Waals surface area (Å²) < 4.78 is 0. The standard InChI is InChI=1S/C15H20N2O3.ClH/c1-11-9-12-5-3-4-6-13(12)17(11)14(18)10-16(2)8-7-15(19)20;/h3-6,11H,7-10H2,1-2H3,(H,19,20);1H. The number of amides is 1. The molecule has 0 saturated heterocycles. The van der Waals surface area contributed by atoms with Gasteiger partial charge in [0.1, 0.15) is 0 Å². The van der Waals surface area contributed by atoms with Gasteiger partial charge in [-0.15, -0.1) is 12.4 Å². The van der Waals surface area contributed by atoms with Crippen molar-refractivity contribution < 1.29 is 14.7 Å². The number of carboxylic acids is 1. The molecule has 5 nitrogen and oxygen atoms in total. The van der Waals surface area contributed by atoms with Crippen molar-refractivity contribution in [2.75, 3.05) is 25.0 Å². The van der Waals surface area contributed by atoms with Crippen molar-refractivity contribution in [1.82, 2.24) is 4.90 Å². The Bertz CT molecular complexity index is 521. The number of benzene rings is 1. The summed E-state index contributed by atoms with van der Waals surface area (Å²) in [7, 11) is 1.77. The lowest BCUT2D eigenvalue weighted by Gasteiger charge is -2.25. The van der Waals surface area contributed by atoms with Crippen molar-refractivity contribution in [2.24, 2.45) is 0 Å². The number of carbonyl (C=O) groups is 2. The van der Waals surface area contributed by atoms with Crippen LogP contribution in [0.5, 0.6) is 0 Å². The van der Waals surface area contributed by atoms with Crippen LogP contribution >= 0.6 is 12.4 Å². The van der Waals surface area contributed by atoms with Gasteiger partial charge < -0.3 is 10.0 Å². The van der Waals surface area contributed by atoms with E-state index in [9.17, 15) is 9.59 Å². The number of nitrogens with zero attached hydrogens (tertiary/aromatic N) is 2. The SMILES string of the molecule is CC1Cc2ccccc2N1C(=O)CN(C)CCC(=O)O.Cl. The third-order valence-corrected chi connectivity index (χ3v) is 3.59. The Kier molecular flexibility index (Phi) is 6.18. The molecule has 1 amide bonds. The quantitative estimate of drug-likeness (QED) is 0.900. The zero-order valence-electron chi connectivity index (χ0n) is 12.3. The largest absolute Gasteiger partial charge is 0.481 e. The Morgan fingerprint density at radius 1 is 1.38 bits per heavy atom. The number of fused-ring (bicyclic) bond motifs is 1. The molecule has 1 unspecified atom stereocenters. The second-order valence-corrected chi connectivity index (χ2v) is 5.33. The van der Waals surface area contributed by atoms with Gasteiger partial charge in [-0.1, -0.05) is 18.2 Å². The van der Waals surface area contributed by atoms with Crippen molar-refractivity contribution in [1.29, 1.82) is 0 Å². The number of carbonyl (C=O) groups excluding carboxylic acids is 1. The lowest BCUT2D eigenvalue weighted by molar-refractivity contribution is -0.137. The molecule has 0 spiro atoms. The average molecular weight is 313 g/mol. The first-order valence-electron chi connectivity index (χ1n) is 6.79. The molecule has 0 aromatic heterocycles. The van der Waals surface area contributed by atoms with Gasteiger partial charge >= 0.3 is 5.97 Å². The molecule has 0 aliphatic carbocycles. The Morgan fingerprint density at radius 2 is 2.05 bits per heavy atom. The summed E-state index contributed by atoms with van der Waals surface area (Å²) in [5, 5.41) is 8.66. The monoisotopic (exact) mass is 312 g/mol. The highest BCUT2D eigenvalue weighted by atomic mass is 35.5. The number of aliphatic carboxylic acids is 1. The van der Waals surface area contributed by atoms with Gasteiger partial charge in [-0.25, -0.2) is 0 Å². The predicted octanol–water partition coefficient (Wildman–Crippen LogP) is 1.79. The smallest absolute Gasteiger partial charge is 0.304 e. The molecule has 0 radical (unpaired) electrons. The van der Waals surface area contributed by atoms with E-state index < -0.39 is 5.97 Å². The van der Waals surface area contributed by atoms with Crippen molar-refractivity contribution in [2.45, 2.75) is 25.8 Å². The van der Waals surface area contributed by atoms with Gasteiger partial charge in [0.15, 0.2) is 0 Å². The topological polar surface area (TPSA) is 60.9 Å². The van der Waals surface area contributed by atoms with Crippen LogP contribution in [0.1, 0.15) is 18.9 Å². The van der Waals surface area contributed by atoms with E-state index in [1.54, 1.807) is 11.9 Å². The Labute approximate surface area is 131 Å². The second kappa shape index (κ2) is 7.43. The van der Waals surface area contributed by atoms with Crippen molar-refractivity contribution >= 4 is 30.0 Å². The molecular formula is C15H21ClN2O3. The van der Waals surface area contributed by atoms with E-state index in [-0.39, 0.29) is 37.3 Å². The van der Waals surface area contributed by atoms with Gasteiger partial charge in [-0.2, -0.15) is 0 Å². The highest BCUT2D eigenvalue weighted by Gasteiger charge is 2.30. The van der Waals surface area contributed by atoms with Gasteiger partial charge in [-0.3, -0.25) is 14.5 Å². The van der Waals surface area contributed by atoms with E-state index in [1.807, 2.05) is 36.1 Å². The number of anilines is 1. The minimum atomic E-state index is -0.843. The number of rotatable bonds is 5. The fourth-order valence-corrected chi connectivity index (χ4v) is 2.62. The van der Waals surface area contributed by atoms with Gasteiger partial charge in [-0.05, 0) is 32.0 Å². The van der Waals surface area contributed by atoms with Gasteiger partial charge in [0.05, 0.1) is 13.0 Å². The molecule has 116 valence electrons. The van der Waals surface area contributed by atoms with Crippen LogP contribution in [-0.4, -0.2) is 48.1 Å². The van der Waals surface area contributed by atoms with Crippen LogP contribution in [0.15, 0.2) is 24.3 Å². The molecular weight excluding hydrogens is 292 g/mol. The maximum atomic E-state index is 12.4. The molecule has 2 rings (SSSR count). The summed E-state index contributed by atoms with van der Waals surface area (Å²) in [6.07, 6.45) is 0.927. The van der Waals surface area contributed by atoms with E-state index in [1.165, 1.54) is 5.56 Å². The molecule has 21 heavy (non-hydrogen) atoms. The summed E-state index contributed by atoms with van der Waals surface area (Å²) in [5.74, 6) is -0.820. The zero-order valence-corrected chi connectivity index (χ0v) is 13.1. The van der Waals surface area contributed by atoms with E-state index >= 15 is 0 Å². The first-order chi connectivity index (χ1) is 9.49. The third kappa shape index (κ3) is 4.19. The molecule has 1 aromatic carbocycles. The summed E-state index contributed by atoms with van der Waals surface area (Å²) in [6.45, 7) is 2.66. The first-order valence-corrected chi connectivity index (χ1v) is 6.79. The van der Waals surface area contributed by atoms with Crippen LogP contribution in [0.3, 0.4) is 0 Å². The lowest BCUT2D eigenvalue weighted by Crippen LogP contribution is -2.42. The molecule has 6 heteroatoms. The lowest BCUT2D eigenvalue weighted by atomic mass is 10.1. The summed E-state index contributed by atoms with van der Waals surface area (Å²) >= 11 is 0. The van der Waals surface area contributed by atoms with Gasteiger partial charge in [0, 0.05) is 18.3 Å². The molecule has 1 aromatic rings. The van der Waals surface area contributed by atoms with Crippen molar-refractivity contribution in [3.05, 3.63) is 29.8 Å². The van der Waals surface area contributed by atoms with Crippen molar-refractivity contribution in [3.8, 4) is 0 Å². The molecule has 1 heterocycles.